The van der Waals surface area contributed by atoms with E-state index in [9.17, 15) is 4.39 Å². The average Bonchev–Trinajstić information content (AvgIpc) is 2.41. The molecule has 1 atom stereocenters. The first-order valence-corrected chi connectivity index (χ1v) is 7.96. The summed E-state index contributed by atoms with van der Waals surface area (Å²) in [7, 11) is 1.53. The van der Waals surface area contributed by atoms with E-state index >= 15 is 0 Å². The van der Waals surface area contributed by atoms with Gasteiger partial charge in [0.15, 0.2) is 0 Å². The molecule has 0 saturated heterocycles. The molecule has 2 aromatic rings. The molecule has 100 valence electrons. The highest BCUT2D eigenvalue weighted by Crippen LogP contribution is 2.41. The van der Waals surface area contributed by atoms with Crippen LogP contribution < -0.4 is 4.74 Å². The van der Waals surface area contributed by atoms with Gasteiger partial charge in [-0.1, -0.05) is 50.1 Å². The van der Waals surface area contributed by atoms with Gasteiger partial charge >= 0.3 is 0 Å². The summed E-state index contributed by atoms with van der Waals surface area (Å²) in [5.74, 6) is 0.172. The van der Waals surface area contributed by atoms with Gasteiger partial charge in [-0.25, -0.2) is 4.39 Å². The second kappa shape index (κ2) is 6.37. The zero-order valence-corrected chi connectivity index (χ0v) is 14.7. The van der Waals surface area contributed by atoms with Crippen LogP contribution in [0.2, 0.25) is 0 Å². The van der Waals surface area contributed by atoms with Gasteiger partial charge in [0.2, 0.25) is 0 Å². The van der Waals surface area contributed by atoms with E-state index in [2.05, 4.69) is 47.8 Å². The molecular weight excluding hydrogens is 443 g/mol. The van der Waals surface area contributed by atoms with Gasteiger partial charge < -0.3 is 4.74 Å². The van der Waals surface area contributed by atoms with Gasteiger partial charge in [0.05, 0.1) is 16.4 Å². The van der Waals surface area contributed by atoms with Crippen LogP contribution in [-0.2, 0) is 0 Å². The lowest BCUT2D eigenvalue weighted by atomic mass is 10.0. The quantitative estimate of drug-likeness (QED) is 0.531. The van der Waals surface area contributed by atoms with Crippen LogP contribution in [0.1, 0.15) is 16.0 Å². The SMILES string of the molecule is COc1cc(F)c(Br)cc1C(Br)c1ccccc1Br. The lowest BCUT2D eigenvalue weighted by Gasteiger charge is -2.16. The van der Waals surface area contributed by atoms with Crippen molar-refractivity contribution in [1.29, 1.82) is 0 Å². The first-order valence-electron chi connectivity index (χ1n) is 5.46. The summed E-state index contributed by atoms with van der Waals surface area (Å²) >= 11 is 10.4. The van der Waals surface area contributed by atoms with Crippen LogP contribution in [0.25, 0.3) is 0 Å². The van der Waals surface area contributed by atoms with Crippen LogP contribution in [0.3, 0.4) is 0 Å². The first kappa shape index (κ1) is 15.0. The molecule has 0 spiro atoms. The molecular formula is C14H10Br3FO. The highest BCUT2D eigenvalue weighted by Gasteiger charge is 2.19. The van der Waals surface area contributed by atoms with Gasteiger partial charge in [-0.2, -0.15) is 0 Å². The van der Waals surface area contributed by atoms with E-state index in [1.165, 1.54) is 13.2 Å². The van der Waals surface area contributed by atoms with E-state index in [0.29, 0.717) is 10.2 Å². The molecule has 0 bridgehead atoms. The van der Waals surface area contributed by atoms with Gasteiger partial charge in [-0.3, -0.25) is 0 Å². The van der Waals surface area contributed by atoms with E-state index in [-0.39, 0.29) is 10.6 Å². The van der Waals surface area contributed by atoms with Gasteiger partial charge in [0, 0.05) is 16.1 Å². The fourth-order valence-corrected chi connectivity index (χ4v) is 3.71. The minimum atomic E-state index is -0.340. The standard InChI is InChI=1S/C14H10Br3FO/c1-19-13-7-12(18)11(16)6-9(13)14(17)8-4-2-3-5-10(8)15/h2-7,14H,1H3. The van der Waals surface area contributed by atoms with E-state index in [0.717, 1.165) is 15.6 Å². The predicted molar refractivity (Wildman–Crippen MR) is 85.6 cm³/mol. The van der Waals surface area contributed by atoms with Gasteiger partial charge in [-0.15, -0.1) is 0 Å². The minimum absolute atomic E-state index is 0.0880. The molecule has 1 unspecified atom stereocenters. The molecule has 0 aliphatic carbocycles. The van der Waals surface area contributed by atoms with Crippen molar-refractivity contribution in [3.8, 4) is 5.75 Å². The number of halogens is 4. The van der Waals surface area contributed by atoms with Crippen LogP contribution in [0.15, 0.2) is 45.3 Å². The van der Waals surface area contributed by atoms with Crippen molar-refractivity contribution in [2.45, 2.75) is 4.83 Å². The van der Waals surface area contributed by atoms with Crippen LogP contribution in [0.4, 0.5) is 4.39 Å². The fraction of sp³-hybridized carbons (Fsp3) is 0.143. The van der Waals surface area contributed by atoms with Crippen LogP contribution in [0.5, 0.6) is 5.75 Å². The highest BCUT2D eigenvalue weighted by atomic mass is 79.9. The van der Waals surface area contributed by atoms with E-state index in [1.54, 1.807) is 6.07 Å². The number of hydrogen-bond donors (Lipinski definition) is 0. The third kappa shape index (κ3) is 3.20. The monoisotopic (exact) mass is 450 g/mol. The van der Waals surface area contributed by atoms with Crippen molar-refractivity contribution in [2.75, 3.05) is 7.11 Å². The Balaban J connectivity index is 2.52. The molecule has 2 rings (SSSR count). The number of hydrogen-bond acceptors (Lipinski definition) is 1. The molecule has 19 heavy (non-hydrogen) atoms. The molecule has 0 heterocycles. The van der Waals surface area contributed by atoms with Gasteiger partial charge in [-0.05, 0) is 33.6 Å². The second-order valence-corrected chi connectivity index (χ2v) is 6.52. The maximum absolute atomic E-state index is 13.5. The number of alkyl halides is 1. The van der Waals surface area contributed by atoms with Crippen molar-refractivity contribution in [3.63, 3.8) is 0 Å². The normalized spacial score (nSPS) is 12.3. The van der Waals surface area contributed by atoms with Crippen molar-refractivity contribution < 1.29 is 9.13 Å². The fourth-order valence-electron chi connectivity index (χ4n) is 1.77. The van der Waals surface area contributed by atoms with Crippen LogP contribution >= 0.6 is 47.8 Å². The molecule has 5 heteroatoms. The van der Waals surface area contributed by atoms with E-state index < -0.39 is 0 Å². The molecule has 0 aliphatic rings. The van der Waals surface area contributed by atoms with Crippen molar-refractivity contribution in [2.24, 2.45) is 0 Å². The average molecular weight is 453 g/mol. The lowest BCUT2D eigenvalue weighted by molar-refractivity contribution is 0.406. The second-order valence-electron chi connectivity index (χ2n) is 3.89. The summed E-state index contributed by atoms with van der Waals surface area (Å²) in [4.78, 5) is -0.0880. The Morgan fingerprint density at radius 2 is 1.74 bits per heavy atom. The Morgan fingerprint density at radius 3 is 2.37 bits per heavy atom. The largest absolute Gasteiger partial charge is 0.496 e. The molecule has 0 aliphatic heterocycles. The molecule has 2 aromatic carbocycles. The maximum atomic E-state index is 13.5. The molecule has 0 radical (unpaired) electrons. The minimum Gasteiger partial charge on any atom is -0.496 e. The van der Waals surface area contributed by atoms with Crippen LogP contribution in [0, 0.1) is 5.82 Å². The Kier molecular flexibility index (Phi) is 5.03. The molecule has 0 fully saturated rings. The summed E-state index contributed by atoms with van der Waals surface area (Å²) in [6.07, 6.45) is 0. The summed E-state index contributed by atoms with van der Waals surface area (Å²) in [6, 6.07) is 11.0. The smallest absolute Gasteiger partial charge is 0.141 e. The summed E-state index contributed by atoms with van der Waals surface area (Å²) in [6.45, 7) is 0. The lowest BCUT2D eigenvalue weighted by Crippen LogP contribution is -1.99. The summed E-state index contributed by atoms with van der Waals surface area (Å²) in [5.41, 5.74) is 1.92. The highest BCUT2D eigenvalue weighted by molar-refractivity contribution is 9.11. The number of methoxy groups -OCH3 is 1. The maximum Gasteiger partial charge on any atom is 0.141 e. The zero-order chi connectivity index (χ0) is 14.0. The van der Waals surface area contributed by atoms with Gasteiger partial charge in [0.25, 0.3) is 0 Å². The Morgan fingerprint density at radius 1 is 1.05 bits per heavy atom. The molecule has 1 nitrogen and oxygen atoms in total. The Hall–Kier alpha value is -0.390. The summed E-state index contributed by atoms with van der Waals surface area (Å²) < 4.78 is 20.2. The third-order valence-electron chi connectivity index (χ3n) is 2.72. The molecule has 0 N–H and O–H groups in total. The Labute approximate surface area is 136 Å². The molecule has 0 aromatic heterocycles. The Bertz CT molecular complexity index is 601. The molecule has 0 saturated carbocycles. The number of ether oxygens (including phenoxy) is 1. The van der Waals surface area contributed by atoms with E-state index in [4.69, 9.17) is 4.74 Å². The molecule has 0 amide bonds. The van der Waals surface area contributed by atoms with Gasteiger partial charge in [0.1, 0.15) is 11.6 Å². The third-order valence-corrected chi connectivity index (χ3v) is 5.04. The van der Waals surface area contributed by atoms with Crippen molar-refractivity contribution >= 4 is 47.8 Å². The zero-order valence-electron chi connectivity index (χ0n) is 9.96. The number of benzene rings is 2. The van der Waals surface area contributed by atoms with Crippen molar-refractivity contribution in [3.05, 3.63) is 62.3 Å². The summed E-state index contributed by atoms with van der Waals surface area (Å²) in [5, 5.41) is 0. The first-order chi connectivity index (χ1) is 9.04. The van der Waals surface area contributed by atoms with Crippen LogP contribution in [-0.4, -0.2) is 7.11 Å². The van der Waals surface area contributed by atoms with Crippen molar-refractivity contribution in [1.82, 2.24) is 0 Å². The number of rotatable bonds is 3. The van der Waals surface area contributed by atoms with E-state index in [1.807, 2.05) is 24.3 Å². The topological polar surface area (TPSA) is 9.23 Å². The predicted octanol–water partition coefficient (Wildman–Crippen LogP) is 5.84.